The molecule has 9 heteroatoms. The lowest BCUT2D eigenvalue weighted by Gasteiger charge is -2.30. The van der Waals surface area contributed by atoms with Crippen LogP contribution in [-0.4, -0.2) is 46.1 Å². The molecule has 0 unspecified atom stereocenters. The second-order valence-electron chi connectivity index (χ2n) is 7.93. The molecule has 33 heavy (non-hydrogen) atoms. The Labute approximate surface area is 192 Å². The summed E-state index contributed by atoms with van der Waals surface area (Å²) in [6.07, 6.45) is 0.338. The number of hydrazine groups is 1. The zero-order valence-electron chi connectivity index (χ0n) is 18.9. The van der Waals surface area contributed by atoms with E-state index in [1.54, 1.807) is 24.1 Å². The van der Waals surface area contributed by atoms with Gasteiger partial charge in [-0.25, -0.2) is 15.2 Å². The Morgan fingerprint density at radius 2 is 1.88 bits per heavy atom. The fraction of sp³-hybridized carbons (Fsp3) is 0.333. The molecule has 9 nitrogen and oxygen atoms in total. The van der Waals surface area contributed by atoms with Crippen molar-refractivity contribution in [3.8, 4) is 0 Å². The molecule has 0 radical (unpaired) electrons. The summed E-state index contributed by atoms with van der Waals surface area (Å²) in [5.74, 6) is -0.191. The Kier molecular flexibility index (Phi) is 8.15. The highest BCUT2D eigenvalue weighted by molar-refractivity contribution is 5.99. The van der Waals surface area contributed by atoms with E-state index in [-0.39, 0.29) is 30.6 Å². The van der Waals surface area contributed by atoms with Crippen LogP contribution >= 0.6 is 0 Å². The number of carbonyl (C=O) groups is 3. The van der Waals surface area contributed by atoms with Gasteiger partial charge in [0.05, 0.1) is 6.42 Å². The van der Waals surface area contributed by atoms with Crippen LogP contribution in [0.1, 0.15) is 36.6 Å². The van der Waals surface area contributed by atoms with Gasteiger partial charge in [0.15, 0.2) is 0 Å². The number of aryl methyl sites for hydroxylation is 1. The highest BCUT2D eigenvalue weighted by Crippen LogP contribution is 2.21. The van der Waals surface area contributed by atoms with Crippen LogP contribution in [0.4, 0.5) is 10.6 Å². The molecule has 1 aromatic carbocycles. The second-order valence-corrected chi connectivity index (χ2v) is 7.93. The summed E-state index contributed by atoms with van der Waals surface area (Å²) >= 11 is 0. The smallest absolute Gasteiger partial charge is 0.410 e. The molecule has 0 bridgehead atoms. The predicted octanol–water partition coefficient (Wildman–Crippen LogP) is 2.78. The van der Waals surface area contributed by atoms with Crippen molar-refractivity contribution in [3.05, 3.63) is 70.4 Å². The number of rotatable bonds is 9. The van der Waals surface area contributed by atoms with E-state index < -0.39 is 6.09 Å². The summed E-state index contributed by atoms with van der Waals surface area (Å²) in [5, 5.41) is 15.4. The first-order valence-electron chi connectivity index (χ1n) is 10.8. The maximum absolute atomic E-state index is 12.9. The van der Waals surface area contributed by atoms with Gasteiger partial charge < -0.3 is 10.4 Å². The lowest BCUT2D eigenvalue weighted by atomic mass is 9.98. The number of benzene rings is 1. The number of carbonyl (C=O) groups excluding carboxylic acids is 2. The molecule has 0 fully saturated rings. The van der Waals surface area contributed by atoms with Gasteiger partial charge in [-0.1, -0.05) is 42.0 Å². The molecule has 1 aliphatic rings. The van der Waals surface area contributed by atoms with Crippen molar-refractivity contribution in [3.63, 3.8) is 0 Å². The normalized spacial score (nSPS) is 13.8. The minimum Gasteiger partial charge on any atom is -0.465 e. The first-order chi connectivity index (χ1) is 15.8. The highest BCUT2D eigenvalue weighted by Gasteiger charge is 2.26. The number of pyridine rings is 1. The number of anilines is 1. The summed E-state index contributed by atoms with van der Waals surface area (Å²) in [6, 6.07) is 13.3. The fourth-order valence-corrected chi connectivity index (χ4v) is 3.61. The number of hydrogen-bond donors (Lipinski definition) is 4. The molecule has 1 aliphatic heterocycles. The molecule has 0 spiro atoms. The molecule has 2 aromatic rings. The molecule has 1 aromatic heterocycles. The molecule has 3 rings (SSSR count). The van der Waals surface area contributed by atoms with Gasteiger partial charge in [-0.3, -0.25) is 19.9 Å². The molecule has 0 aliphatic carbocycles. The van der Waals surface area contributed by atoms with Crippen molar-refractivity contribution in [1.29, 1.82) is 0 Å². The van der Waals surface area contributed by atoms with E-state index in [9.17, 15) is 14.4 Å². The molecule has 0 saturated heterocycles. The van der Waals surface area contributed by atoms with Crippen LogP contribution in [0.5, 0.6) is 0 Å². The Morgan fingerprint density at radius 3 is 2.58 bits per heavy atom. The topological polar surface area (TPSA) is 124 Å². The van der Waals surface area contributed by atoms with E-state index >= 15 is 0 Å². The number of carboxylic acid groups (broad SMARTS) is 1. The molecule has 4 N–H and O–H groups in total. The molecule has 3 amide bonds. The summed E-state index contributed by atoms with van der Waals surface area (Å²) < 4.78 is 0. The standard InChI is InChI=1S/C24H29N5O4/c1-16-11-13-29(26-12-10-18-6-4-3-5-7-18)23(31)20(16)14-22(30)25-15-19-8-9-21(27-17(19)2)28-24(32)33/h3-9,26H,10-15H2,1-2H3,(H,25,30)(H,27,28)(H,32,33). The predicted molar refractivity (Wildman–Crippen MR) is 124 cm³/mol. The Bertz CT molecular complexity index is 1050. The van der Waals surface area contributed by atoms with Gasteiger partial charge >= 0.3 is 6.09 Å². The van der Waals surface area contributed by atoms with E-state index in [1.807, 2.05) is 37.3 Å². The van der Waals surface area contributed by atoms with E-state index in [0.717, 1.165) is 17.6 Å². The summed E-state index contributed by atoms with van der Waals surface area (Å²) in [7, 11) is 0. The zero-order chi connectivity index (χ0) is 23.8. The van der Waals surface area contributed by atoms with Crippen LogP contribution in [0, 0.1) is 6.92 Å². The third kappa shape index (κ3) is 6.88. The van der Waals surface area contributed by atoms with Crippen LogP contribution in [0.2, 0.25) is 0 Å². The maximum atomic E-state index is 12.9. The lowest BCUT2D eigenvalue weighted by molar-refractivity contribution is -0.132. The van der Waals surface area contributed by atoms with E-state index in [4.69, 9.17) is 5.11 Å². The van der Waals surface area contributed by atoms with Crippen LogP contribution < -0.4 is 16.1 Å². The SMILES string of the molecule is CC1=C(CC(=O)NCc2ccc(NC(=O)O)nc2C)C(=O)N(NCCc2ccccc2)CC1. The molecular weight excluding hydrogens is 422 g/mol. The Morgan fingerprint density at radius 1 is 1.12 bits per heavy atom. The van der Waals surface area contributed by atoms with Crippen molar-refractivity contribution in [2.24, 2.45) is 0 Å². The highest BCUT2D eigenvalue weighted by atomic mass is 16.4. The van der Waals surface area contributed by atoms with Gasteiger partial charge in [0.2, 0.25) is 5.91 Å². The maximum Gasteiger partial charge on any atom is 0.410 e. The first-order valence-corrected chi connectivity index (χ1v) is 10.8. The van der Waals surface area contributed by atoms with Crippen molar-refractivity contribution in [1.82, 2.24) is 20.7 Å². The van der Waals surface area contributed by atoms with Gasteiger partial charge in [0.25, 0.3) is 5.91 Å². The van der Waals surface area contributed by atoms with E-state index in [2.05, 4.69) is 21.0 Å². The van der Waals surface area contributed by atoms with Gasteiger partial charge in [-0.05, 0) is 43.9 Å². The number of aromatic nitrogens is 1. The van der Waals surface area contributed by atoms with Crippen molar-refractivity contribution < 1.29 is 19.5 Å². The fourth-order valence-electron chi connectivity index (χ4n) is 3.61. The average Bonchev–Trinajstić information content (AvgIpc) is 2.78. The van der Waals surface area contributed by atoms with Gasteiger partial charge in [-0.2, -0.15) is 0 Å². The average molecular weight is 452 g/mol. The Balaban J connectivity index is 1.51. The van der Waals surface area contributed by atoms with Gasteiger partial charge in [-0.15, -0.1) is 0 Å². The third-order valence-corrected chi connectivity index (χ3v) is 5.53. The molecule has 0 saturated carbocycles. The largest absolute Gasteiger partial charge is 0.465 e. The molecular formula is C24H29N5O4. The van der Waals surface area contributed by atoms with Crippen LogP contribution in [0.25, 0.3) is 0 Å². The van der Waals surface area contributed by atoms with Gasteiger partial charge in [0, 0.05) is 30.9 Å². The minimum atomic E-state index is -1.19. The number of amides is 3. The molecule has 2 heterocycles. The van der Waals surface area contributed by atoms with Crippen LogP contribution in [0.3, 0.4) is 0 Å². The number of nitrogens with zero attached hydrogens (tertiary/aromatic N) is 2. The summed E-state index contributed by atoms with van der Waals surface area (Å²) in [4.78, 5) is 40.4. The summed E-state index contributed by atoms with van der Waals surface area (Å²) in [6.45, 7) is 5.08. The van der Waals surface area contributed by atoms with Crippen molar-refractivity contribution >= 4 is 23.7 Å². The zero-order valence-corrected chi connectivity index (χ0v) is 18.9. The first kappa shape index (κ1) is 23.9. The lowest BCUT2D eigenvalue weighted by Crippen LogP contribution is -2.47. The number of nitrogens with one attached hydrogen (secondary N) is 3. The van der Waals surface area contributed by atoms with Crippen LogP contribution in [-0.2, 0) is 22.6 Å². The van der Waals surface area contributed by atoms with E-state index in [1.165, 1.54) is 5.56 Å². The van der Waals surface area contributed by atoms with E-state index in [0.29, 0.717) is 30.8 Å². The second kappa shape index (κ2) is 11.2. The Hall–Kier alpha value is -3.72. The number of hydrogen-bond acceptors (Lipinski definition) is 5. The van der Waals surface area contributed by atoms with Gasteiger partial charge in [0.1, 0.15) is 5.82 Å². The third-order valence-electron chi connectivity index (χ3n) is 5.53. The summed E-state index contributed by atoms with van der Waals surface area (Å²) in [5.41, 5.74) is 7.20. The molecule has 0 atom stereocenters. The van der Waals surface area contributed by atoms with Crippen LogP contribution in [0.15, 0.2) is 53.6 Å². The van der Waals surface area contributed by atoms with Crippen molar-refractivity contribution in [2.45, 2.75) is 39.7 Å². The molecule has 174 valence electrons. The van der Waals surface area contributed by atoms with Crippen molar-refractivity contribution in [2.75, 3.05) is 18.4 Å². The minimum absolute atomic E-state index is 0.00661. The quantitative estimate of drug-likeness (QED) is 0.465. The monoisotopic (exact) mass is 451 g/mol.